The number of para-hydroxylation sites is 2. The van der Waals surface area contributed by atoms with Gasteiger partial charge in [-0.2, -0.15) is 0 Å². The predicted octanol–water partition coefficient (Wildman–Crippen LogP) is 6.86. The number of hydrogen-bond donors (Lipinski definition) is 1. The number of aryl methyl sites for hydroxylation is 1. The maximum absolute atomic E-state index is 12.8. The maximum Gasteiger partial charge on any atom is 0.255 e. The van der Waals surface area contributed by atoms with Crippen LogP contribution in [-0.2, 0) is 6.54 Å². The number of fused-ring (bicyclic) bond motifs is 3. The molecule has 1 aromatic heterocycles. The topological polar surface area (TPSA) is 43.3 Å². The number of carbonyl (C=O) groups is 1. The predicted molar refractivity (Wildman–Crippen MR) is 126 cm³/mol. The molecule has 1 heterocycles. The molecule has 0 radical (unpaired) electrons. The molecule has 4 aromatic carbocycles. The van der Waals surface area contributed by atoms with Gasteiger partial charge in [-0.25, -0.2) is 0 Å². The number of amides is 1. The monoisotopic (exact) mass is 406 g/mol. The first-order valence-corrected chi connectivity index (χ1v) is 10.4. The number of anilines is 1. The highest BCUT2D eigenvalue weighted by Crippen LogP contribution is 2.31. The summed E-state index contributed by atoms with van der Waals surface area (Å²) in [6, 6.07) is 31.2. The average molecular weight is 406 g/mol. The molecule has 0 unspecified atom stereocenters. The lowest BCUT2D eigenvalue weighted by Gasteiger charge is -2.08. The summed E-state index contributed by atoms with van der Waals surface area (Å²) < 4.78 is 8.09. The van der Waals surface area contributed by atoms with Gasteiger partial charge >= 0.3 is 0 Å². The Morgan fingerprint density at radius 1 is 0.774 bits per heavy atom. The minimum absolute atomic E-state index is 0.148. The van der Waals surface area contributed by atoms with Gasteiger partial charge in [0, 0.05) is 39.6 Å². The molecule has 0 spiro atoms. The van der Waals surface area contributed by atoms with Crippen molar-refractivity contribution in [2.24, 2.45) is 0 Å². The van der Waals surface area contributed by atoms with Gasteiger partial charge in [0.15, 0.2) is 0 Å². The molecule has 4 heteroatoms. The molecular formula is C27H22N2O2. The zero-order valence-corrected chi connectivity index (χ0v) is 17.2. The highest BCUT2D eigenvalue weighted by molar-refractivity contribution is 6.11. The Balaban J connectivity index is 1.38. The van der Waals surface area contributed by atoms with Gasteiger partial charge in [0.2, 0.25) is 0 Å². The second-order valence-corrected chi connectivity index (χ2v) is 7.39. The third kappa shape index (κ3) is 3.64. The normalized spacial score (nSPS) is 11.0. The molecule has 1 N–H and O–H groups in total. The molecular weight excluding hydrogens is 384 g/mol. The fourth-order valence-electron chi connectivity index (χ4n) is 3.97. The van der Waals surface area contributed by atoms with E-state index in [0.29, 0.717) is 11.3 Å². The summed E-state index contributed by atoms with van der Waals surface area (Å²) in [6.45, 7) is 3.04. The molecule has 0 bridgehead atoms. The molecule has 4 nitrogen and oxygen atoms in total. The van der Waals surface area contributed by atoms with Crippen LogP contribution in [0.5, 0.6) is 11.5 Å². The van der Waals surface area contributed by atoms with E-state index in [4.69, 9.17) is 4.74 Å². The van der Waals surface area contributed by atoms with Crippen molar-refractivity contribution in [3.8, 4) is 11.5 Å². The Hall–Kier alpha value is -4.05. The maximum atomic E-state index is 12.8. The molecule has 0 saturated carbocycles. The molecule has 152 valence electrons. The van der Waals surface area contributed by atoms with Crippen LogP contribution in [0.25, 0.3) is 21.8 Å². The van der Waals surface area contributed by atoms with E-state index in [0.717, 1.165) is 23.4 Å². The fraction of sp³-hybridized carbons (Fsp3) is 0.0741. The summed E-state index contributed by atoms with van der Waals surface area (Å²) in [4.78, 5) is 12.8. The number of carbonyl (C=O) groups excluding carboxylic acids is 1. The first-order chi connectivity index (χ1) is 15.2. The second kappa shape index (κ2) is 8.00. The van der Waals surface area contributed by atoms with Crippen LogP contribution in [0.3, 0.4) is 0 Å². The van der Waals surface area contributed by atoms with Gasteiger partial charge in [-0.1, -0.05) is 36.4 Å². The van der Waals surface area contributed by atoms with Crippen LogP contribution in [-0.4, -0.2) is 10.5 Å². The third-order valence-electron chi connectivity index (χ3n) is 5.44. The van der Waals surface area contributed by atoms with Gasteiger partial charge in [-0.15, -0.1) is 0 Å². The van der Waals surface area contributed by atoms with Crippen LogP contribution in [0.15, 0.2) is 97.1 Å². The summed E-state index contributed by atoms with van der Waals surface area (Å²) in [5.74, 6) is 1.31. The van der Waals surface area contributed by atoms with E-state index in [1.165, 1.54) is 16.4 Å². The van der Waals surface area contributed by atoms with Crippen LogP contribution in [0, 0.1) is 0 Å². The van der Waals surface area contributed by atoms with Crippen molar-refractivity contribution >= 4 is 33.4 Å². The Kier molecular flexibility index (Phi) is 4.89. The van der Waals surface area contributed by atoms with Crippen molar-refractivity contribution in [3.05, 3.63) is 103 Å². The summed E-state index contributed by atoms with van der Waals surface area (Å²) in [6.07, 6.45) is 0. The lowest BCUT2D eigenvalue weighted by molar-refractivity contribution is 0.102. The summed E-state index contributed by atoms with van der Waals surface area (Å²) >= 11 is 0. The van der Waals surface area contributed by atoms with Crippen molar-refractivity contribution < 1.29 is 9.53 Å². The number of aromatic nitrogens is 1. The first kappa shape index (κ1) is 18.9. The highest BCUT2D eigenvalue weighted by Gasteiger charge is 2.12. The Labute approximate surface area is 180 Å². The number of hydrogen-bond acceptors (Lipinski definition) is 2. The van der Waals surface area contributed by atoms with Crippen LogP contribution in [0.2, 0.25) is 0 Å². The van der Waals surface area contributed by atoms with E-state index in [2.05, 4.69) is 47.1 Å². The van der Waals surface area contributed by atoms with Crippen LogP contribution in [0.4, 0.5) is 5.69 Å². The SMILES string of the molecule is CCn1c2ccccc2c2cc(NC(=O)c3ccc(Oc4ccccc4)cc3)ccc21. The lowest BCUT2D eigenvalue weighted by Crippen LogP contribution is -2.11. The Morgan fingerprint density at radius 3 is 2.23 bits per heavy atom. The van der Waals surface area contributed by atoms with Crippen molar-refractivity contribution in [2.75, 3.05) is 5.32 Å². The molecule has 31 heavy (non-hydrogen) atoms. The number of rotatable bonds is 5. The Bertz CT molecular complexity index is 1370. The van der Waals surface area contributed by atoms with E-state index >= 15 is 0 Å². The first-order valence-electron chi connectivity index (χ1n) is 10.4. The molecule has 0 aliphatic rings. The second-order valence-electron chi connectivity index (χ2n) is 7.39. The van der Waals surface area contributed by atoms with Crippen LogP contribution >= 0.6 is 0 Å². The van der Waals surface area contributed by atoms with Crippen molar-refractivity contribution in [3.63, 3.8) is 0 Å². The molecule has 0 aliphatic heterocycles. The molecule has 5 rings (SSSR count). The number of nitrogens with zero attached hydrogens (tertiary/aromatic N) is 1. The van der Waals surface area contributed by atoms with Crippen molar-refractivity contribution in [1.29, 1.82) is 0 Å². The standard InChI is InChI=1S/C27H22N2O2/c1-2-29-25-11-7-6-10-23(25)24-18-20(14-17-26(24)29)28-27(30)19-12-15-22(16-13-19)31-21-8-4-3-5-9-21/h3-18H,2H2,1H3,(H,28,30). The van der Waals surface area contributed by atoms with E-state index in [-0.39, 0.29) is 5.91 Å². The van der Waals surface area contributed by atoms with Gasteiger partial charge < -0.3 is 14.6 Å². The molecule has 5 aromatic rings. The van der Waals surface area contributed by atoms with Crippen LogP contribution < -0.4 is 10.1 Å². The minimum Gasteiger partial charge on any atom is -0.457 e. The zero-order valence-electron chi connectivity index (χ0n) is 17.2. The fourth-order valence-corrected chi connectivity index (χ4v) is 3.97. The number of nitrogens with one attached hydrogen (secondary N) is 1. The summed E-state index contributed by atoms with van der Waals surface area (Å²) in [7, 11) is 0. The molecule has 0 aliphatic carbocycles. The number of ether oxygens (including phenoxy) is 1. The smallest absolute Gasteiger partial charge is 0.255 e. The van der Waals surface area contributed by atoms with Gasteiger partial charge in [0.05, 0.1) is 0 Å². The largest absolute Gasteiger partial charge is 0.457 e. The Morgan fingerprint density at radius 2 is 1.45 bits per heavy atom. The van der Waals surface area contributed by atoms with Crippen molar-refractivity contribution in [2.45, 2.75) is 13.5 Å². The van der Waals surface area contributed by atoms with E-state index in [1.54, 1.807) is 24.3 Å². The van der Waals surface area contributed by atoms with E-state index in [1.807, 2.05) is 42.5 Å². The van der Waals surface area contributed by atoms with E-state index in [9.17, 15) is 4.79 Å². The van der Waals surface area contributed by atoms with Gasteiger partial charge in [0.25, 0.3) is 5.91 Å². The average Bonchev–Trinajstić information content (AvgIpc) is 3.13. The highest BCUT2D eigenvalue weighted by atomic mass is 16.5. The number of benzene rings is 4. The molecule has 0 atom stereocenters. The van der Waals surface area contributed by atoms with Gasteiger partial charge in [-0.05, 0) is 67.6 Å². The molecule has 1 amide bonds. The molecule has 0 fully saturated rings. The van der Waals surface area contributed by atoms with Gasteiger partial charge in [0.1, 0.15) is 11.5 Å². The molecule has 0 saturated heterocycles. The third-order valence-corrected chi connectivity index (χ3v) is 5.44. The summed E-state index contributed by atoms with van der Waals surface area (Å²) in [5, 5.41) is 5.36. The van der Waals surface area contributed by atoms with Crippen LogP contribution in [0.1, 0.15) is 17.3 Å². The minimum atomic E-state index is -0.148. The summed E-state index contributed by atoms with van der Waals surface area (Å²) in [5.41, 5.74) is 3.74. The quantitative estimate of drug-likeness (QED) is 0.346. The van der Waals surface area contributed by atoms with E-state index < -0.39 is 0 Å². The zero-order chi connectivity index (χ0) is 21.2. The van der Waals surface area contributed by atoms with Gasteiger partial charge in [-0.3, -0.25) is 4.79 Å². The lowest BCUT2D eigenvalue weighted by atomic mass is 10.1. The van der Waals surface area contributed by atoms with Crippen molar-refractivity contribution in [1.82, 2.24) is 4.57 Å².